The second-order valence-electron chi connectivity index (χ2n) is 9.82. The van der Waals surface area contributed by atoms with Crippen LogP contribution in [0.1, 0.15) is 52.0 Å². The van der Waals surface area contributed by atoms with Gasteiger partial charge in [0.25, 0.3) is 0 Å². The van der Waals surface area contributed by atoms with Gasteiger partial charge < -0.3 is 14.5 Å². The van der Waals surface area contributed by atoms with Gasteiger partial charge in [-0.2, -0.15) is 0 Å². The number of hydrogen-bond acceptors (Lipinski definition) is 6. The predicted molar refractivity (Wildman–Crippen MR) is 117 cm³/mol. The highest BCUT2D eigenvalue weighted by Crippen LogP contribution is 2.30. The Morgan fingerprint density at radius 3 is 2.28 bits per heavy atom. The molecule has 0 atom stereocenters. The van der Waals surface area contributed by atoms with Gasteiger partial charge in [-0.15, -0.1) is 0 Å². The number of pyridine rings is 1. The van der Waals surface area contributed by atoms with Crippen LogP contribution in [0.15, 0.2) is 18.3 Å². The molecule has 6 heteroatoms. The summed E-state index contributed by atoms with van der Waals surface area (Å²) >= 11 is 0. The molecule has 29 heavy (non-hydrogen) atoms. The fourth-order valence-corrected chi connectivity index (χ4v) is 4.44. The standard InChI is InChI=1S/C23H38N4O2/c1-23(2,3)29-22(28)19-7-9-20(10-8-19)26-12-14-27(15-13-26)21-11-6-18(16-24-21)17-25(4)5/h6,11,16,19-20H,7-10,12-15,17H2,1-5H3. The Morgan fingerprint density at radius 1 is 1.10 bits per heavy atom. The molecular weight excluding hydrogens is 364 g/mol. The summed E-state index contributed by atoms with van der Waals surface area (Å²) < 4.78 is 5.58. The summed E-state index contributed by atoms with van der Waals surface area (Å²) in [5.41, 5.74) is 0.863. The van der Waals surface area contributed by atoms with Gasteiger partial charge >= 0.3 is 5.97 Å². The van der Waals surface area contributed by atoms with Crippen LogP contribution in [0.2, 0.25) is 0 Å². The molecule has 1 aromatic rings. The van der Waals surface area contributed by atoms with Crippen LogP contribution in [0.25, 0.3) is 0 Å². The summed E-state index contributed by atoms with van der Waals surface area (Å²) in [5, 5.41) is 0. The Morgan fingerprint density at radius 2 is 1.76 bits per heavy atom. The van der Waals surface area contributed by atoms with Gasteiger partial charge in [0.05, 0.1) is 5.92 Å². The monoisotopic (exact) mass is 402 g/mol. The van der Waals surface area contributed by atoms with E-state index in [1.54, 1.807) is 0 Å². The second-order valence-corrected chi connectivity index (χ2v) is 9.82. The molecule has 1 aromatic heterocycles. The average molecular weight is 403 g/mol. The van der Waals surface area contributed by atoms with Crippen molar-refractivity contribution in [3.63, 3.8) is 0 Å². The predicted octanol–water partition coefficient (Wildman–Crippen LogP) is 3.17. The summed E-state index contributed by atoms with van der Waals surface area (Å²) in [6.07, 6.45) is 6.10. The smallest absolute Gasteiger partial charge is 0.309 e. The lowest BCUT2D eigenvalue weighted by atomic mass is 9.85. The molecule has 2 aliphatic rings. The zero-order valence-electron chi connectivity index (χ0n) is 18.9. The number of esters is 1. The molecule has 6 nitrogen and oxygen atoms in total. The number of hydrogen-bond donors (Lipinski definition) is 0. The second kappa shape index (κ2) is 9.43. The minimum atomic E-state index is -0.386. The van der Waals surface area contributed by atoms with E-state index in [1.807, 2.05) is 27.0 Å². The fourth-order valence-electron chi connectivity index (χ4n) is 4.44. The summed E-state index contributed by atoms with van der Waals surface area (Å²) in [7, 11) is 4.15. The number of nitrogens with zero attached hydrogens (tertiary/aromatic N) is 4. The molecule has 3 rings (SSSR count). The SMILES string of the molecule is CN(C)Cc1ccc(N2CCN(C3CCC(C(=O)OC(C)(C)C)CC3)CC2)nc1. The van der Waals surface area contributed by atoms with Gasteiger partial charge in [-0.3, -0.25) is 9.69 Å². The van der Waals surface area contributed by atoms with Crippen LogP contribution in [-0.2, 0) is 16.1 Å². The molecular formula is C23H38N4O2. The maximum atomic E-state index is 12.3. The molecule has 0 amide bonds. The first-order valence-electron chi connectivity index (χ1n) is 11.0. The van der Waals surface area contributed by atoms with Gasteiger partial charge in [-0.1, -0.05) is 6.07 Å². The Kier molecular flexibility index (Phi) is 7.17. The van der Waals surface area contributed by atoms with E-state index in [1.165, 1.54) is 5.56 Å². The maximum absolute atomic E-state index is 12.3. The maximum Gasteiger partial charge on any atom is 0.309 e. The lowest BCUT2D eigenvalue weighted by Crippen LogP contribution is -2.51. The lowest BCUT2D eigenvalue weighted by molar-refractivity contribution is -0.161. The first-order valence-corrected chi connectivity index (χ1v) is 11.0. The van der Waals surface area contributed by atoms with Crippen LogP contribution in [0.3, 0.4) is 0 Å². The van der Waals surface area contributed by atoms with Crippen molar-refractivity contribution in [3.8, 4) is 0 Å². The van der Waals surface area contributed by atoms with E-state index >= 15 is 0 Å². The van der Waals surface area contributed by atoms with Gasteiger partial charge in [0, 0.05) is 45.0 Å². The highest BCUT2D eigenvalue weighted by Gasteiger charge is 2.33. The minimum Gasteiger partial charge on any atom is -0.460 e. The van der Waals surface area contributed by atoms with E-state index in [0.29, 0.717) is 6.04 Å². The van der Waals surface area contributed by atoms with Crippen LogP contribution >= 0.6 is 0 Å². The van der Waals surface area contributed by atoms with Crippen LogP contribution in [-0.4, -0.2) is 72.7 Å². The van der Waals surface area contributed by atoms with Crippen LogP contribution in [0, 0.1) is 5.92 Å². The van der Waals surface area contributed by atoms with Crippen molar-refractivity contribution in [2.75, 3.05) is 45.2 Å². The molecule has 1 aliphatic heterocycles. The highest BCUT2D eigenvalue weighted by molar-refractivity contribution is 5.73. The quantitative estimate of drug-likeness (QED) is 0.705. The lowest BCUT2D eigenvalue weighted by Gasteiger charge is -2.42. The van der Waals surface area contributed by atoms with Crippen molar-refractivity contribution in [1.29, 1.82) is 0 Å². The largest absolute Gasteiger partial charge is 0.460 e. The van der Waals surface area contributed by atoms with Crippen molar-refractivity contribution < 1.29 is 9.53 Å². The third-order valence-electron chi connectivity index (χ3n) is 5.90. The molecule has 0 aromatic carbocycles. The number of piperazine rings is 1. The number of anilines is 1. The van der Waals surface area contributed by atoms with E-state index in [4.69, 9.17) is 4.74 Å². The van der Waals surface area contributed by atoms with Gasteiger partial charge in [0.15, 0.2) is 0 Å². The van der Waals surface area contributed by atoms with Crippen LogP contribution in [0.4, 0.5) is 5.82 Å². The van der Waals surface area contributed by atoms with Gasteiger partial charge in [0.2, 0.25) is 0 Å². The Balaban J connectivity index is 1.44. The molecule has 0 radical (unpaired) electrons. The first kappa shape index (κ1) is 22.0. The van der Waals surface area contributed by atoms with Crippen molar-refractivity contribution >= 4 is 11.8 Å². The third-order valence-corrected chi connectivity index (χ3v) is 5.90. The number of rotatable bonds is 5. The van der Waals surface area contributed by atoms with Crippen LogP contribution in [0.5, 0.6) is 0 Å². The van der Waals surface area contributed by atoms with E-state index in [9.17, 15) is 4.79 Å². The number of carbonyl (C=O) groups is 1. The van der Waals surface area contributed by atoms with Crippen molar-refractivity contribution in [2.24, 2.45) is 5.92 Å². The van der Waals surface area contributed by atoms with Crippen LogP contribution < -0.4 is 4.90 Å². The average Bonchev–Trinajstić information content (AvgIpc) is 2.67. The normalized spacial score (nSPS) is 24.0. The van der Waals surface area contributed by atoms with Crippen molar-refractivity contribution in [2.45, 2.75) is 64.6 Å². The summed E-state index contributed by atoms with van der Waals surface area (Å²) in [6, 6.07) is 4.94. The molecule has 0 unspecified atom stereocenters. The molecule has 0 bridgehead atoms. The van der Waals surface area contributed by atoms with E-state index in [0.717, 1.165) is 64.2 Å². The zero-order valence-corrected chi connectivity index (χ0v) is 18.9. The summed E-state index contributed by atoms with van der Waals surface area (Å²) in [5.74, 6) is 1.15. The number of carbonyl (C=O) groups excluding carboxylic acids is 1. The Bertz CT molecular complexity index is 652. The number of ether oxygens (including phenoxy) is 1. The van der Waals surface area contributed by atoms with E-state index < -0.39 is 0 Å². The summed E-state index contributed by atoms with van der Waals surface area (Å²) in [6.45, 7) is 10.9. The molecule has 1 saturated heterocycles. The number of aromatic nitrogens is 1. The topological polar surface area (TPSA) is 48.9 Å². The highest BCUT2D eigenvalue weighted by atomic mass is 16.6. The van der Waals surface area contributed by atoms with E-state index in [2.05, 4.69) is 45.9 Å². The van der Waals surface area contributed by atoms with Gasteiger partial charge in [-0.25, -0.2) is 4.98 Å². The molecule has 1 aliphatic carbocycles. The summed E-state index contributed by atoms with van der Waals surface area (Å²) in [4.78, 5) is 24.2. The Hall–Kier alpha value is -1.66. The molecule has 0 N–H and O–H groups in total. The Labute approximate surface area is 176 Å². The zero-order chi connectivity index (χ0) is 21.0. The molecule has 2 fully saturated rings. The van der Waals surface area contributed by atoms with Gasteiger partial charge in [0.1, 0.15) is 11.4 Å². The molecule has 1 saturated carbocycles. The van der Waals surface area contributed by atoms with Gasteiger partial charge in [-0.05, 0) is 72.2 Å². The molecule has 0 spiro atoms. The molecule has 2 heterocycles. The fraction of sp³-hybridized carbons (Fsp3) is 0.739. The first-order chi connectivity index (χ1) is 13.7. The minimum absolute atomic E-state index is 0.00967. The van der Waals surface area contributed by atoms with E-state index in [-0.39, 0.29) is 17.5 Å². The third kappa shape index (κ3) is 6.41. The van der Waals surface area contributed by atoms with Crippen molar-refractivity contribution in [3.05, 3.63) is 23.9 Å². The van der Waals surface area contributed by atoms with Crippen molar-refractivity contribution in [1.82, 2.24) is 14.8 Å². The molecule has 162 valence electrons.